The van der Waals surface area contributed by atoms with Crippen molar-refractivity contribution in [2.45, 2.75) is 88.4 Å². The Morgan fingerprint density at radius 2 is 1.41 bits per heavy atom. The number of benzene rings is 1. The minimum atomic E-state index is -1.07. The van der Waals surface area contributed by atoms with E-state index in [-0.39, 0.29) is 37.9 Å². The van der Waals surface area contributed by atoms with Crippen LogP contribution in [-0.4, -0.2) is 79.2 Å². The molecule has 1 saturated carbocycles. The van der Waals surface area contributed by atoms with E-state index >= 15 is 0 Å². The van der Waals surface area contributed by atoms with E-state index in [4.69, 9.17) is 18.9 Å². The van der Waals surface area contributed by atoms with Gasteiger partial charge in [-0.2, -0.15) is 0 Å². The second-order valence-electron chi connectivity index (χ2n) is 10.4. The van der Waals surface area contributed by atoms with Gasteiger partial charge in [0.15, 0.2) is 11.5 Å². The molecular formula is C28H41NO8. The molecule has 3 heterocycles. The summed E-state index contributed by atoms with van der Waals surface area (Å²) >= 11 is 0. The first-order chi connectivity index (χ1) is 17.9. The fourth-order valence-electron chi connectivity index (χ4n) is 5.97. The summed E-state index contributed by atoms with van der Waals surface area (Å²) in [6.45, 7) is 0.589. The molecule has 9 nitrogen and oxygen atoms in total. The predicted octanol–water partition coefficient (Wildman–Crippen LogP) is 3.19. The molecule has 3 aliphatic heterocycles. The number of hydrogen-bond acceptors (Lipinski definition) is 8. The van der Waals surface area contributed by atoms with Crippen LogP contribution in [0.25, 0.3) is 0 Å². The zero-order chi connectivity index (χ0) is 26.4. The number of aliphatic hydroxyl groups is 2. The van der Waals surface area contributed by atoms with Gasteiger partial charge in [0.25, 0.3) is 0 Å². The van der Waals surface area contributed by atoms with Crippen molar-refractivity contribution in [1.82, 2.24) is 4.90 Å². The fraction of sp³-hybridized carbons (Fsp3) is 0.714. The monoisotopic (exact) mass is 519 g/mol. The Morgan fingerprint density at radius 1 is 0.811 bits per heavy atom. The normalized spacial score (nSPS) is 28.6. The van der Waals surface area contributed by atoms with Gasteiger partial charge < -0.3 is 34.1 Å². The van der Waals surface area contributed by atoms with Gasteiger partial charge in [0.1, 0.15) is 6.04 Å². The zero-order valence-corrected chi connectivity index (χ0v) is 22.0. The van der Waals surface area contributed by atoms with Gasteiger partial charge in [0.05, 0.1) is 45.6 Å². The summed E-state index contributed by atoms with van der Waals surface area (Å²) in [7, 11) is 3.08. The number of ether oxygens (including phenoxy) is 4. The van der Waals surface area contributed by atoms with E-state index in [1.807, 2.05) is 12.1 Å². The van der Waals surface area contributed by atoms with Crippen LogP contribution in [0.1, 0.15) is 75.7 Å². The van der Waals surface area contributed by atoms with Crippen LogP contribution in [-0.2, 0) is 14.3 Å². The van der Waals surface area contributed by atoms with Gasteiger partial charge in [-0.25, -0.2) is 4.79 Å². The Bertz CT molecular complexity index is 906. The number of carbonyl (C=O) groups excluding carboxylic acids is 2. The number of piperidine rings is 1. The number of esters is 1. The van der Waals surface area contributed by atoms with Crippen LogP contribution < -0.4 is 14.2 Å². The molecule has 0 spiro atoms. The van der Waals surface area contributed by atoms with E-state index in [0.29, 0.717) is 30.2 Å². The van der Waals surface area contributed by atoms with Crippen molar-refractivity contribution in [1.29, 1.82) is 0 Å². The van der Waals surface area contributed by atoms with Gasteiger partial charge >= 0.3 is 5.97 Å². The summed E-state index contributed by atoms with van der Waals surface area (Å²) < 4.78 is 22.8. The largest absolute Gasteiger partial charge is 0.493 e. The molecule has 37 heavy (non-hydrogen) atoms. The molecule has 2 bridgehead atoms. The Hall–Kier alpha value is -2.52. The molecule has 5 rings (SSSR count). The summed E-state index contributed by atoms with van der Waals surface area (Å²) in [6, 6.07) is 3.03. The number of aliphatic hydroxyl groups excluding tert-OH is 2. The lowest BCUT2D eigenvalue weighted by atomic mass is 9.75. The molecule has 2 N–H and O–H groups in total. The molecule has 1 amide bonds. The van der Waals surface area contributed by atoms with Crippen molar-refractivity contribution in [3.8, 4) is 17.2 Å². The second kappa shape index (κ2) is 12.8. The Balaban J connectivity index is 1.77. The van der Waals surface area contributed by atoms with Crippen LogP contribution in [0.3, 0.4) is 0 Å². The lowest BCUT2D eigenvalue weighted by Crippen LogP contribution is -2.51. The number of amides is 1. The first kappa shape index (κ1) is 27.5. The average molecular weight is 520 g/mol. The number of carbonyl (C=O) groups is 2. The number of hydrogen-bond donors (Lipinski definition) is 2. The van der Waals surface area contributed by atoms with Crippen LogP contribution in [0.5, 0.6) is 17.2 Å². The molecule has 0 unspecified atom stereocenters. The Kier molecular flexibility index (Phi) is 9.54. The SMILES string of the molecule is COc1cc2cc(OC)c1OCC[C@@H](O)[C@@H](O)CCOC(=O)[C@@H]1CCCCN1C(=O)[C@H]2C1CCCCC1. The maximum absolute atomic E-state index is 14.3. The van der Waals surface area contributed by atoms with E-state index in [1.54, 1.807) is 19.1 Å². The topological polar surface area (TPSA) is 115 Å². The third kappa shape index (κ3) is 6.32. The van der Waals surface area contributed by atoms with Crippen molar-refractivity contribution in [2.24, 2.45) is 5.92 Å². The Labute approximate surface area is 219 Å². The van der Waals surface area contributed by atoms with Crippen molar-refractivity contribution < 1.29 is 38.7 Å². The number of fused-ring (bicyclic) bond motifs is 11. The predicted molar refractivity (Wildman–Crippen MR) is 136 cm³/mol. The molecule has 4 atom stereocenters. The molecule has 206 valence electrons. The van der Waals surface area contributed by atoms with Crippen molar-refractivity contribution in [2.75, 3.05) is 34.0 Å². The third-order valence-electron chi connectivity index (χ3n) is 8.05. The quantitative estimate of drug-likeness (QED) is 0.586. The number of methoxy groups -OCH3 is 2. The molecule has 1 aliphatic carbocycles. The van der Waals surface area contributed by atoms with Gasteiger partial charge in [-0.05, 0) is 55.7 Å². The lowest BCUT2D eigenvalue weighted by molar-refractivity contribution is -0.159. The standard InChI is InChI=1S/C28H41NO8/c1-34-23-16-19-17-24(35-2)26(23)36-14-11-21(30)22(31)12-15-37-28(33)20-10-6-7-13-29(20)27(32)25(19)18-8-4-3-5-9-18/h16-18,20-22,25,30-31H,3-15H2,1-2H3/t20-,21+,22-,25-/m0/s1. The Morgan fingerprint density at radius 3 is 2.03 bits per heavy atom. The molecule has 1 aromatic carbocycles. The smallest absolute Gasteiger partial charge is 0.328 e. The summed E-state index contributed by atoms with van der Waals surface area (Å²) in [5.74, 6) is 0.470. The average Bonchev–Trinajstić information content (AvgIpc) is 2.93. The highest BCUT2D eigenvalue weighted by atomic mass is 16.5. The van der Waals surface area contributed by atoms with E-state index < -0.39 is 30.1 Å². The molecule has 9 heteroatoms. The summed E-state index contributed by atoms with van der Waals surface area (Å²) in [4.78, 5) is 29.1. The van der Waals surface area contributed by atoms with Crippen molar-refractivity contribution >= 4 is 11.9 Å². The van der Waals surface area contributed by atoms with E-state index in [0.717, 1.165) is 50.5 Å². The minimum Gasteiger partial charge on any atom is -0.493 e. The van der Waals surface area contributed by atoms with Gasteiger partial charge in [-0.1, -0.05) is 19.3 Å². The van der Waals surface area contributed by atoms with Gasteiger partial charge in [0.2, 0.25) is 11.7 Å². The molecule has 0 aromatic heterocycles. The molecule has 0 radical (unpaired) electrons. The van der Waals surface area contributed by atoms with Crippen LogP contribution in [0.4, 0.5) is 0 Å². The lowest BCUT2D eigenvalue weighted by Gasteiger charge is -2.39. The van der Waals surface area contributed by atoms with Crippen LogP contribution >= 0.6 is 0 Å². The van der Waals surface area contributed by atoms with Crippen molar-refractivity contribution in [3.63, 3.8) is 0 Å². The minimum absolute atomic E-state index is 0.0258. The van der Waals surface area contributed by atoms with E-state index in [9.17, 15) is 19.8 Å². The number of rotatable bonds is 3. The van der Waals surface area contributed by atoms with Crippen molar-refractivity contribution in [3.05, 3.63) is 17.7 Å². The summed E-state index contributed by atoms with van der Waals surface area (Å²) in [5, 5.41) is 20.7. The molecule has 1 saturated heterocycles. The highest BCUT2D eigenvalue weighted by molar-refractivity contribution is 5.89. The molecule has 4 aliphatic rings. The van der Waals surface area contributed by atoms with Gasteiger partial charge in [-0.15, -0.1) is 0 Å². The first-order valence-electron chi connectivity index (χ1n) is 13.7. The fourth-order valence-corrected chi connectivity index (χ4v) is 5.97. The summed E-state index contributed by atoms with van der Waals surface area (Å²) in [5.41, 5.74) is 0.787. The molecule has 1 aromatic rings. The number of nitrogens with zero attached hydrogens (tertiary/aromatic N) is 1. The van der Waals surface area contributed by atoms with Gasteiger partial charge in [-0.3, -0.25) is 4.79 Å². The second-order valence-corrected chi connectivity index (χ2v) is 10.4. The van der Waals surface area contributed by atoms with Gasteiger partial charge in [0, 0.05) is 19.4 Å². The third-order valence-corrected chi connectivity index (χ3v) is 8.05. The van der Waals surface area contributed by atoms with E-state index in [2.05, 4.69) is 0 Å². The van der Waals surface area contributed by atoms with Crippen LogP contribution in [0.2, 0.25) is 0 Å². The van der Waals surface area contributed by atoms with E-state index in [1.165, 1.54) is 0 Å². The maximum atomic E-state index is 14.3. The zero-order valence-electron chi connectivity index (χ0n) is 22.0. The molecular weight excluding hydrogens is 478 g/mol. The molecule has 2 fully saturated rings. The van der Waals surface area contributed by atoms with Crippen LogP contribution in [0, 0.1) is 5.92 Å². The van der Waals surface area contributed by atoms with Crippen LogP contribution in [0.15, 0.2) is 12.1 Å². The highest BCUT2D eigenvalue weighted by Gasteiger charge is 2.41. The summed E-state index contributed by atoms with van der Waals surface area (Å²) in [6.07, 6.45) is 5.55. The highest BCUT2D eigenvalue weighted by Crippen LogP contribution is 2.45. The maximum Gasteiger partial charge on any atom is 0.328 e. The first-order valence-corrected chi connectivity index (χ1v) is 13.7.